The highest BCUT2D eigenvalue weighted by atomic mass is 32.3. The van der Waals surface area contributed by atoms with Gasteiger partial charge in [-0.05, 0) is 18.8 Å². The second-order valence-corrected chi connectivity index (χ2v) is 22.8. The Labute approximate surface area is 287 Å². The third-order valence-corrected chi connectivity index (χ3v) is 24.6. The van der Waals surface area contributed by atoms with Crippen molar-refractivity contribution in [2.24, 2.45) is 0 Å². The van der Waals surface area contributed by atoms with Gasteiger partial charge in [-0.2, -0.15) is 37.9 Å². The summed E-state index contributed by atoms with van der Waals surface area (Å²) in [6, 6.07) is 0. The third kappa shape index (κ3) is 8.35. The van der Waals surface area contributed by atoms with E-state index in [1.165, 1.54) is 52.8 Å². The molecule has 0 atom stereocenters. The van der Waals surface area contributed by atoms with E-state index in [0.29, 0.717) is 0 Å². The predicted molar refractivity (Wildman–Crippen MR) is 210 cm³/mol. The average Bonchev–Trinajstić information content (AvgIpc) is 3.69. The van der Waals surface area contributed by atoms with E-state index >= 15 is 0 Å². The third-order valence-electron chi connectivity index (χ3n) is 4.32. The molecule has 0 saturated carbocycles. The van der Waals surface area contributed by atoms with Gasteiger partial charge in [0.1, 0.15) is 0 Å². The molecular weight excluding hydrogens is 753 g/mol. The Kier molecular flexibility index (Phi) is 15.3. The van der Waals surface area contributed by atoms with E-state index in [4.69, 9.17) is 0 Å². The van der Waals surface area contributed by atoms with Crippen LogP contribution in [0, 0.1) is 0 Å². The van der Waals surface area contributed by atoms with Gasteiger partial charge < -0.3 is 0 Å². The molecule has 0 aromatic rings. The minimum absolute atomic E-state index is 0.797. The molecule has 0 unspecified atom stereocenters. The standard InChI is InChI=1S/C20H22S16/c1-24-13-14(25-2)34-20(33-13)18-31-11(8-23)12(32-18)27-4-5-28-16-15(26-3)35-19(36-16)17-29-9(6-21)10(7-22)30-17/h21-23H,4-8H2,1-3H3. The van der Waals surface area contributed by atoms with Gasteiger partial charge in [-0.1, -0.05) is 94.1 Å². The van der Waals surface area contributed by atoms with E-state index < -0.39 is 0 Å². The van der Waals surface area contributed by atoms with Gasteiger partial charge >= 0.3 is 0 Å². The van der Waals surface area contributed by atoms with Gasteiger partial charge in [0.15, 0.2) is 0 Å². The predicted octanol–water partition coefficient (Wildman–Crippen LogP) is 12.1. The monoisotopic (exact) mass is 774 g/mol. The van der Waals surface area contributed by atoms with Gasteiger partial charge in [-0.15, -0.1) is 58.8 Å². The molecule has 0 fully saturated rings. The molecule has 16 heteroatoms. The van der Waals surface area contributed by atoms with E-state index in [9.17, 15) is 0 Å². The Balaban J connectivity index is 1.30. The van der Waals surface area contributed by atoms with E-state index in [0.717, 1.165) is 28.8 Å². The van der Waals surface area contributed by atoms with Crippen molar-refractivity contribution in [2.45, 2.75) is 0 Å². The molecule has 0 spiro atoms. The Morgan fingerprint density at radius 3 is 1.25 bits per heavy atom. The SMILES string of the molecule is CSC1=C(SC)SC(=C2SC(CS)=C(SCCSC3=C(SC)SC(=C4SC(CS)=C(CS)S4)S3)S2)S1. The fourth-order valence-electron chi connectivity index (χ4n) is 2.73. The summed E-state index contributed by atoms with van der Waals surface area (Å²) in [6.07, 6.45) is 6.55. The van der Waals surface area contributed by atoms with Crippen LogP contribution in [0.4, 0.5) is 0 Å². The van der Waals surface area contributed by atoms with Crippen LogP contribution in [0.15, 0.2) is 52.8 Å². The zero-order chi connectivity index (χ0) is 25.7. The summed E-state index contributed by atoms with van der Waals surface area (Å²) in [4.78, 5) is 4.13. The van der Waals surface area contributed by atoms with Gasteiger partial charge in [0.05, 0.1) is 38.1 Å². The average molecular weight is 775 g/mol. The molecule has 0 radical (unpaired) electrons. The minimum Gasteiger partial charge on any atom is -0.174 e. The van der Waals surface area contributed by atoms with Crippen molar-refractivity contribution >= 4 is 191 Å². The van der Waals surface area contributed by atoms with Gasteiger partial charge in [0.25, 0.3) is 0 Å². The van der Waals surface area contributed by atoms with Crippen LogP contribution in [-0.2, 0) is 0 Å². The molecule has 198 valence electrons. The van der Waals surface area contributed by atoms with E-state index in [1.807, 2.05) is 153 Å². The lowest BCUT2D eigenvalue weighted by atomic mass is 10.6. The summed E-state index contributed by atoms with van der Waals surface area (Å²) < 4.78 is 12.9. The summed E-state index contributed by atoms with van der Waals surface area (Å²) in [5, 5.41) is 0. The molecular formula is C20H22S16. The van der Waals surface area contributed by atoms with Crippen LogP contribution < -0.4 is 0 Å². The highest BCUT2D eigenvalue weighted by Gasteiger charge is 2.31. The van der Waals surface area contributed by atoms with E-state index in [2.05, 4.69) is 56.7 Å². The van der Waals surface area contributed by atoms with Crippen LogP contribution in [0.5, 0.6) is 0 Å². The van der Waals surface area contributed by atoms with Crippen molar-refractivity contribution < 1.29 is 0 Å². The number of thioether (sulfide) groups is 13. The zero-order valence-corrected chi connectivity index (χ0v) is 32.5. The fraction of sp³-hybridized carbons (Fsp3) is 0.400. The van der Waals surface area contributed by atoms with Crippen molar-refractivity contribution in [3.8, 4) is 0 Å². The van der Waals surface area contributed by atoms with Crippen molar-refractivity contribution in [1.82, 2.24) is 0 Å². The first-order chi connectivity index (χ1) is 17.5. The van der Waals surface area contributed by atoms with Crippen LogP contribution in [0.2, 0.25) is 0 Å². The van der Waals surface area contributed by atoms with Gasteiger partial charge in [0.2, 0.25) is 0 Å². The number of hydrogen-bond acceptors (Lipinski definition) is 16. The van der Waals surface area contributed by atoms with Crippen LogP contribution >= 0.6 is 191 Å². The van der Waals surface area contributed by atoms with Gasteiger partial charge in [0, 0.05) is 43.5 Å². The van der Waals surface area contributed by atoms with Gasteiger partial charge in [-0.3, -0.25) is 0 Å². The second-order valence-electron chi connectivity index (χ2n) is 6.46. The first kappa shape index (κ1) is 32.9. The molecule has 4 heterocycles. The van der Waals surface area contributed by atoms with E-state index in [1.54, 1.807) is 0 Å². The molecule has 4 aliphatic rings. The lowest BCUT2D eigenvalue weighted by Crippen LogP contribution is -1.85. The number of thiol groups is 3. The van der Waals surface area contributed by atoms with Crippen molar-refractivity contribution in [2.75, 3.05) is 47.5 Å². The number of hydrogen-bond donors (Lipinski definition) is 3. The zero-order valence-electron chi connectivity index (χ0n) is 19.2. The summed E-state index contributed by atoms with van der Waals surface area (Å²) in [6.45, 7) is 0. The van der Waals surface area contributed by atoms with Crippen LogP contribution in [0.25, 0.3) is 0 Å². The molecule has 0 aliphatic carbocycles. The summed E-state index contributed by atoms with van der Waals surface area (Å²) in [5.41, 5.74) is 0. The molecule has 0 amide bonds. The van der Waals surface area contributed by atoms with Gasteiger partial charge in [-0.25, -0.2) is 0 Å². The second kappa shape index (κ2) is 16.8. The Morgan fingerprint density at radius 1 is 0.444 bits per heavy atom. The van der Waals surface area contributed by atoms with E-state index in [-0.39, 0.29) is 0 Å². The smallest absolute Gasteiger partial charge is 0.0717 e. The maximum Gasteiger partial charge on any atom is 0.0717 e. The topological polar surface area (TPSA) is 0 Å². The molecule has 0 bridgehead atoms. The highest BCUT2D eigenvalue weighted by Crippen LogP contribution is 2.65. The lowest BCUT2D eigenvalue weighted by Gasteiger charge is -2.05. The first-order valence-corrected chi connectivity index (χ1v) is 24.2. The molecule has 0 aromatic carbocycles. The Bertz CT molecular complexity index is 942. The molecule has 4 aliphatic heterocycles. The van der Waals surface area contributed by atoms with Crippen LogP contribution in [0.1, 0.15) is 0 Å². The molecule has 4 rings (SSSR count). The highest BCUT2D eigenvalue weighted by molar-refractivity contribution is 8.44. The maximum absolute atomic E-state index is 4.65. The number of rotatable bonds is 11. The summed E-state index contributed by atoms with van der Waals surface area (Å²) in [7, 11) is 0. The Morgan fingerprint density at radius 2 is 0.778 bits per heavy atom. The molecule has 0 saturated heterocycles. The summed E-state index contributed by atoms with van der Waals surface area (Å²) >= 11 is 38.7. The van der Waals surface area contributed by atoms with Crippen molar-refractivity contribution in [3.63, 3.8) is 0 Å². The van der Waals surface area contributed by atoms with Crippen LogP contribution in [0.3, 0.4) is 0 Å². The molecule has 0 N–H and O–H groups in total. The molecule has 0 nitrogen and oxygen atoms in total. The van der Waals surface area contributed by atoms with Crippen molar-refractivity contribution in [3.05, 3.63) is 52.8 Å². The minimum atomic E-state index is 0.797. The lowest BCUT2D eigenvalue weighted by molar-refractivity contribution is 1.56. The van der Waals surface area contributed by atoms with Crippen molar-refractivity contribution in [1.29, 1.82) is 0 Å². The largest absolute Gasteiger partial charge is 0.174 e. The quantitative estimate of drug-likeness (QED) is 0.135. The Hall–Kier alpha value is 4.04. The summed E-state index contributed by atoms with van der Waals surface area (Å²) in [5.74, 6) is 4.63. The van der Waals surface area contributed by atoms with Crippen LogP contribution in [-0.4, -0.2) is 47.5 Å². The molecule has 36 heavy (non-hydrogen) atoms. The maximum atomic E-state index is 4.65. The normalized spacial score (nSPS) is 21.2. The molecule has 0 aromatic heterocycles. The fourth-order valence-corrected chi connectivity index (χ4v) is 22.0. The first-order valence-electron chi connectivity index (χ1n) is 10.1.